The molecule has 0 saturated carbocycles. The Balaban J connectivity index is 4.05. The molecule has 3 heteroatoms. The number of nitrogens with zero attached hydrogens (tertiary/aromatic N) is 1. The van der Waals surface area contributed by atoms with Gasteiger partial charge in [0.1, 0.15) is 19.0 Å². The molecule has 0 rings (SSSR count). The molecular weight excluding hydrogens is 574 g/mol. The van der Waals surface area contributed by atoms with Crippen molar-refractivity contribution in [1.82, 2.24) is 4.90 Å². The van der Waals surface area contributed by atoms with Gasteiger partial charge in [-0.15, -0.1) is 0 Å². The zero-order valence-corrected chi connectivity index (χ0v) is 32.2. The quantitative estimate of drug-likeness (QED) is 0.0378. The minimum Gasteiger partial charge on any atom is -0.495 e. The van der Waals surface area contributed by atoms with E-state index in [0.717, 1.165) is 25.1 Å². The van der Waals surface area contributed by atoms with Crippen molar-refractivity contribution in [1.29, 1.82) is 0 Å². The Morgan fingerprint density at radius 3 is 1.32 bits per heavy atom. The van der Waals surface area contributed by atoms with E-state index in [1.54, 1.807) is 0 Å². The lowest BCUT2D eigenvalue weighted by Gasteiger charge is -2.19. The third-order valence-electron chi connectivity index (χ3n) is 8.78. The molecule has 0 aromatic heterocycles. The van der Waals surface area contributed by atoms with Crippen molar-refractivity contribution in [3.8, 4) is 0 Å². The van der Waals surface area contributed by atoms with Crippen LogP contribution in [0.5, 0.6) is 0 Å². The van der Waals surface area contributed by atoms with Crippen molar-refractivity contribution in [3.05, 3.63) is 60.9 Å². The Bertz CT molecular complexity index is 702. The van der Waals surface area contributed by atoms with Crippen molar-refractivity contribution in [3.63, 3.8) is 0 Å². The number of hydrogen-bond acceptors (Lipinski definition) is 3. The SMILES string of the molecule is C=C(COC(CCCCCCCC/C=C\C/C=C\CCCCC)CCCCCCCC/C=C\C/C=C\CCCCC)OCCN(C)C. The van der Waals surface area contributed by atoms with Crippen molar-refractivity contribution in [2.24, 2.45) is 0 Å². The first-order chi connectivity index (χ1) is 23.1. The fourth-order valence-electron chi connectivity index (χ4n) is 5.66. The molecule has 0 saturated heterocycles. The van der Waals surface area contributed by atoms with Crippen LogP contribution in [0.1, 0.15) is 181 Å². The summed E-state index contributed by atoms with van der Waals surface area (Å²) in [7, 11) is 4.14. The minimum atomic E-state index is 0.334. The highest BCUT2D eigenvalue weighted by atomic mass is 16.5. The van der Waals surface area contributed by atoms with Crippen LogP contribution in [0.4, 0.5) is 0 Å². The molecule has 47 heavy (non-hydrogen) atoms. The number of allylic oxidation sites excluding steroid dienone is 8. The second-order valence-corrected chi connectivity index (χ2v) is 13.9. The molecule has 0 aliphatic carbocycles. The van der Waals surface area contributed by atoms with Crippen LogP contribution >= 0.6 is 0 Å². The summed E-state index contributed by atoms with van der Waals surface area (Å²) in [6, 6.07) is 0. The normalized spacial score (nSPS) is 12.4. The van der Waals surface area contributed by atoms with Crippen LogP contribution < -0.4 is 0 Å². The van der Waals surface area contributed by atoms with E-state index >= 15 is 0 Å². The first kappa shape index (κ1) is 45.4. The minimum absolute atomic E-state index is 0.334. The van der Waals surface area contributed by atoms with E-state index in [1.807, 2.05) is 0 Å². The summed E-state index contributed by atoms with van der Waals surface area (Å²) in [5, 5.41) is 0. The predicted molar refractivity (Wildman–Crippen MR) is 211 cm³/mol. The molecule has 0 heterocycles. The van der Waals surface area contributed by atoms with E-state index in [9.17, 15) is 0 Å². The molecule has 0 unspecified atom stereocenters. The lowest BCUT2D eigenvalue weighted by atomic mass is 10.0. The summed E-state index contributed by atoms with van der Waals surface area (Å²) >= 11 is 0. The van der Waals surface area contributed by atoms with Gasteiger partial charge in [0, 0.05) is 6.54 Å². The van der Waals surface area contributed by atoms with Crippen molar-refractivity contribution >= 4 is 0 Å². The molecule has 0 atom stereocenters. The molecule has 0 N–H and O–H groups in total. The number of ether oxygens (including phenoxy) is 2. The van der Waals surface area contributed by atoms with Gasteiger partial charge in [0.2, 0.25) is 0 Å². The lowest BCUT2D eigenvalue weighted by Crippen LogP contribution is -2.20. The van der Waals surface area contributed by atoms with E-state index in [0.29, 0.717) is 19.3 Å². The maximum Gasteiger partial charge on any atom is 0.115 e. The van der Waals surface area contributed by atoms with E-state index in [-0.39, 0.29) is 0 Å². The van der Waals surface area contributed by atoms with Gasteiger partial charge in [0.05, 0.1) is 6.10 Å². The summed E-state index contributed by atoms with van der Waals surface area (Å²) in [5.74, 6) is 0.769. The van der Waals surface area contributed by atoms with Crippen LogP contribution in [0.3, 0.4) is 0 Å². The summed E-state index contributed by atoms with van der Waals surface area (Å²) < 4.78 is 12.1. The Morgan fingerprint density at radius 1 is 0.532 bits per heavy atom. The van der Waals surface area contributed by atoms with Gasteiger partial charge in [-0.2, -0.15) is 0 Å². The topological polar surface area (TPSA) is 21.7 Å². The summed E-state index contributed by atoms with van der Waals surface area (Å²) in [6.45, 7) is 10.7. The Labute approximate surface area is 295 Å². The number of likely N-dealkylation sites (N-methyl/N-ethyl adjacent to an activating group) is 1. The van der Waals surface area contributed by atoms with Gasteiger partial charge >= 0.3 is 0 Å². The van der Waals surface area contributed by atoms with Gasteiger partial charge in [-0.05, 0) is 91.1 Å². The van der Waals surface area contributed by atoms with Crippen molar-refractivity contribution < 1.29 is 9.47 Å². The lowest BCUT2D eigenvalue weighted by molar-refractivity contribution is 0.0256. The Kier molecular flexibility index (Phi) is 37.6. The average molecular weight is 656 g/mol. The number of hydrogen-bond donors (Lipinski definition) is 0. The van der Waals surface area contributed by atoms with Gasteiger partial charge < -0.3 is 14.4 Å². The van der Waals surface area contributed by atoms with Gasteiger partial charge in [-0.25, -0.2) is 0 Å². The molecule has 0 amide bonds. The standard InChI is InChI=1S/C44H81NO2/c1-6-8-10-12-14-16-18-20-22-24-26-28-30-32-34-36-38-44(47-42-43(3)46-41-40-45(4)5)39-37-35-33-31-29-27-25-23-21-19-17-15-13-11-9-7-2/h14-17,20-23,44H,3,6-13,18-19,24-42H2,1-2,4-5H3/b16-14-,17-15-,22-20-,23-21-. The summed E-state index contributed by atoms with van der Waals surface area (Å²) in [4.78, 5) is 2.13. The van der Waals surface area contributed by atoms with Crippen LogP contribution in [0.2, 0.25) is 0 Å². The molecule has 0 bridgehead atoms. The maximum atomic E-state index is 6.35. The summed E-state index contributed by atoms with van der Waals surface area (Å²) in [6.07, 6.45) is 52.6. The fourth-order valence-corrected chi connectivity index (χ4v) is 5.66. The summed E-state index contributed by atoms with van der Waals surface area (Å²) in [5.41, 5.74) is 0. The highest BCUT2D eigenvalue weighted by molar-refractivity contribution is 4.93. The van der Waals surface area contributed by atoms with E-state index in [4.69, 9.17) is 9.47 Å². The Hall–Kier alpha value is -1.58. The molecule has 0 spiro atoms. The third kappa shape index (κ3) is 38.7. The average Bonchev–Trinajstić information content (AvgIpc) is 3.06. The smallest absolute Gasteiger partial charge is 0.115 e. The molecule has 0 aromatic carbocycles. The maximum absolute atomic E-state index is 6.35. The molecule has 0 radical (unpaired) electrons. The first-order valence-corrected chi connectivity index (χ1v) is 20.3. The van der Waals surface area contributed by atoms with Gasteiger partial charge in [0.25, 0.3) is 0 Å². The van der Waals surface area contributed by atoms with Crippen molar-refractivity contribution in [2.75, 3.05) is 33.9 Å². The molecule has 0 aliphatic rings. The van der Waals surface area contributed by atoms with E-state index < -0.39 is 0 Å². The van der Waals surface area contributed by atoms with E-state index in [1.165, 1.54) is 154 Å². The zero-order valence-electron chi connectivity index (χ0n) is 32.2. The number of unbranched alkanes of at least 4 members (excludes halogenated alkanes) is 18. The Morgan fingerprint density at radius 2 is 0.915 bits per heavy atom. The second-order valence-electron chi connectivity index (χ2n) is 13.9. The molecule has 3 nitrogen and oxygen atoms in total. The monoisotopic (exact) mass is 656 g/mol. The molecule has 0 aliphatic heterocycles. The largest absolute Gasteiger partial charge is 0.495 e. The van der Waals surface area contributed by atoms with Crippen LogP contribution in [0.15, 0.2) is 60.9 Å². The highest BCUT2D eigenvalue weighted by Gasteiger charge is 2.10. The van der Waals surface area contributed by atoms with Crippen LogP contribution in [0, 0.1) is 0 Å². The highest BCUT2D eigenvalue weighted by Crippen LogP contribution is 2.18. The van der Waals surface area contributed by atoms with E-state index in [2.05, 4.69) is 88.0 Å². The molecule has 0 fully saturated rings. The third-order valence-corrected chi connectivity index (χ3v) is 8.78. The molecular formula is C44H81NO2. The second kappa shape index (κ2) is 38.9. The fraction of sp³-hybridized carbons (Fsp3) is 0.773. The van der Waals surface area contributed by atoms with Crippen LogP contribution in [0.25, 0.3) is 0 Å². The van der Waals surface area contributed by atoms with Gasteiger partial charge in [-0.1, -0.05) is 159 Å². The first-order valence-electron chi connectivity index (χ1n) is 20.3. The zero-order chi connectivity index (χ0) is 34.3. The van der Waals surface area contributed by atoms with Crippen LogP contribution in [-0.2, 0) is 9.47 Å². The van der Waals surface area contributed by atoms with Crippen molar-refractivity contribution in [2.45, 2.75) is 187 Å². The predicted octanol–water partition coefficient (Wildman–Crippen LogP) is 13.9. The number of rotatable bonds is 37. The van der Waals surface area contributed by atoms with Crippen LogP contribution in [-0.4, -0.2) is 44.9 Å². The van der Waals surface area contributed by atoms with Gasteiger partial charge in [-0.3, -0.25) is 0 Å². The molecule has 274 valence electrons. The van der Waals surface area contributed by atoms with Gasteiger partial charge in [0.15, 0.2) is 0 Å². The molecule has 0 aromatic rings.